The maximum Gasteiger partial charge on any atom is 0.260 e. The maximum absolute atomic E-state index is 13.6. The maximum atomic E-state index is 13.6. The lowest BCUT2D eigenvalue weighted by Crippen LogP contribution is -2.67. The summed E-state index contributed by atoms with van der Waals surface area (Å²) in [5, 5.41) is 14.8. The van der Waals surface area contributed by atoms with E-state index in [4.69, 9.17) is 0 Å². The molecule has 2 aliphatic heterocycles. The molecular weight excluding hydrogens is 472 g/mol. The van der Waals surface area contributed by atoms with Gasteiger partial charge in [0, 0.05) is 38.1 Å². The highest BCUT2D eigenvalue weighted by Gasteiger charge is 2.50. The Labute approximate surface area is 214 Å². The van der Waals surface area contributed by atoms with Gasteiger partial charge in [0.1, 0.15) is 0 Å². The molecule has 0 unspecified atom stereocenters. The molecule has 0 spiro atoms. The highest BCUT2D eigenvalue weighted by atomic mass is 32.2. The Morgan fingerprint density at radius 2 is 1.75 bits per heavy atom. The van der Waals surface area contributed by atoms with Crippen molar-refractivity contribution in [3.63, 3.8) is 0 Å². The quantitative estimate of drug-likeness (QED) is 0.570. The summed E-state index contributed by atoms with van der Waals surface area (Å²) < 4.78 is 30.3. The van der Waals surface area contributed by atoms with Gasteiger partial charge in [0.15, 0.2) is 5.03 Å². The lowest BCUT2D eigenvalue weighted by molar-refractivity contribution is -0.0554. The zero-order valence-electron chi connectivity index (χ0n) is 21.6. The molecule has 1 aromatic heterocycles. The molecule has 0 saturated carbocycles. The van der Waals surface area contributed by atoms with Crippen molar-refractivity contribution >= 4 is 10.0 Å². The van der Waals surface area contributed by atoms with Gasteiger partial charge in [-0.05, 0) is 74.0 Å². The number of hydrogen-bond donors (Lipinski definition) is 1. The number of benzene rings is 2. The molecule has 7 nitrogen and oxygen atoms in total. The molecule has 192 valence electrons. The van der Waals surface area contributed by atoms with Crippen molar-refractivity contribution in [3.8, 4) is 11.1 Å². The summed E-state index contributed by atoms with van der Waals surface area (Å²) in [5.41, 5.74) is 6.79. The van der Waals surface area contributed by atoms with E-state index in [2.05, 4.69) is 66.3 Å². The Balaban J connectivity index is 1.44. The molecule has 0 bridgehead atoms. The lowest BCUT2D eigenvalue weighted by atomic mass is 9.74. The van der Waals surface area contributed by atoms with E-state index in [1.165, 1.54) is 26.9 Å². The molecule has 3 heterocycles. The van der Waals surface area contributed by atoms with Crippen LogP contribution >= 0.6 is 0 Å². The Morgan fingerprint density at radius 3 is 2.42 bits per heavy atom. The van der Waals surface area contributed by atoms with Crippen LogP contribution in [0.15, 0.2) is 53.6 Å². The minimum atomic E-state index is -3.67. The summed E-state index contributed by atoms with van der Waals surface area (Å²) in [7, 11) is -1.99. The number of aromatic nitrogens is 2. The molecule has 5 rings (SSSR count). The SMILES string of the molecule is Cc1cc(S(=O)(=O)N2CCCCN3[C@H](CO)[C@@H](c4ccc(-c5cccc(C)c5C)cc4)[C@@H]3C2)n(C)n1. The third-order valence-electron chi connectivity index (χ3n) is 8.11. The number of hydrogen-bond acceptors (Lipinski definition) is 5. The van der Waals surface area contributed by atoms with Crippen molar-refractivity contribution in [2.45, 2.75) is 56.6 Å². The van der Waals surface area contributed by atoms with E-state index >= 15 is 0 Å². The van der Waals surface area contributed by atoms with Crippen molar-refractivity contribution < 1.29 is 13.5 Å². The molecule has 2 saturated heterocycles. The molecular formula is C28H36N4O3S. The van der Waals surface area contributed by atoms with Gasteiger partial charge in [0.2, 0.25) is 0 Å². The number of aliphatic hydroxyl groups is 1. The van der Waals surface area contributed by atoms with E-state index < -0.39 is 10.0 Å². The van der Waals surface area contributed by atoms with Crippen LogP contribution in [0.25, 0.3) is 11.1 Å². The summed E-state index contributed by atoms with van der Waals surface area (Å²) in [5.74, 6) is 0.0757. The van der Waals surface area contributed by atoms with E-state index in [0.29, 0.717) is 18.8 Å². The van der Waals surface area contributed by atoms with Crippen LogP contribution in [0.2, 0.25) is 0 Å². The highest BCUT2D eigenvalue weighted by Crippen LogP contribution is 2.43. The standard InChI is InChI=1S/C28H36N4O3S/c1-19-8-7-9-24(21(19)3)22-10-12-23(13-11-22)28-25-17-31(14-5-6-15-32(25)26(28)18-33)36(34,35)27-16-20(2)29-30(27)4/h7-13,16,25-26,28,33H,5-6,14-15,17-18H2,1-4H3/t25-,26+,28-/m0/s1. The molecule has 2 aliphatic rings. The van der Waals surface area contributed by atoms with Crippen LogP contribution in [0.1, 0.15) is 41.1 Å². The number of sulfonamides is 1. The molecule has 36 heavy (non-hydrogen) atoms. The summed E-state index contributed by atoms with van der Waals surface area (Å²) in [6.07, 6.45) is 1.70. The Kier molecular flexibility index (Phi) is 6.80. The zero-order chi connectivity index (χ0) is 25.6. The first-order valence-electron chi connectivity index (χ1n) is 12.8. The summed E-state index contributed by atoms with van der Waals surface area (Å²) in [6, 6.07) is 16.7. The van der Waals surface area contributed by atoms with Gasteiger partial charge in [-0.15, -0.1) is 0 Å². The number of aliphatic hydroxyl groups excluding tert-OH is 1. The van der Waals surface area contributed by atoms with Gasteiger partial charge in [-0.1, -0.05) is 42.5 Å². The molecule has 0 amide bonds. The molecule has 1 N–H and O–H groups in total. The van der Waals surface area contributed by atoms with Gasteiger partial charge in [-0.25, -0.2) is 8.42 Å². The molecule has 0 aliphatic carbocycles. The Bertz CT molecular complexity index is 1350. The summed E-state index contributed by atoms with van der Waals surface area (Å²) in [4.78, 5) is 2.31. The van der Waals surface area contributed by atoms with Crippen LogP contribution in [0, 0.1) is 20.8 Å². The molecule has 3 aromatic rings. The largest absolute Gasteiger partial charge is 0.395 e. The second kappa shape index (κ2) is 9.74. The fraction of sp³-hybridized carbons (Fsp3) is 0.464. The number of rotatable bonds is 5. The first-order chi connectivity index (χ1) is 17.2. The van der Waals surface area contributed by atoms with Crippen LogP contribution in [0.5, 0.6) is 0 Å². The number of nitrogens with zero attached hydrogens (tertiary/aromatic N) is 4. The predicted molar refractivity (Wildman–Crippen MR) is 141 cm³/mol. The van der Waals surface area contributed by atoms with Gasteiger partial charge >= 0.3 is 0 Å². The van der Waals surface area contributed by atoms with Crippen LogP contribution in [0.3, 0.4) is 0 Å². The Morgan fingerprint density at radius 1 is 1.03 bits per heavy atom. The van der Waals surface area contributed by atoms with Gasteiger partial charge in [-0.3, -0.25) is 9.58 Å². The fourth-order valence-corrected chi connectivity index (χ4v) is 7.71. The van der Waals surface area contributed by atoms with Gasteiger partial charge in [-0.2, -0.15) is 9.40 Å². The first-order valence-corrected chi connectivity index (χ1v) is 14.2. The van der Waals surface area contributed by atoms with E-state index in [1.54, 1.807) is 17.4 Å². The minimum Gasteiger partial charge on any atom is -0.395 e. The number of aryl methyl sites for hydroxylation is 3. The van der Waals surface area contributed by atoms with E-state index in [-0.39, 0.29) is 29.6 Å². The van der Waals surface area contributed by atoms with Crippen molar-refractivity contribution in [2.24, 2.45) is 7.05 Å². The van der Waals surface area contributed by atoms with Crippen LogP contribution in [-0.4, -0.2) is 70.8 Å². The van der Waals surface area contributed by atoms with Crippen molar-refractivity contribution in [2.75, 3.05) is 26.2 Å². The molecule has 3 atom stereocenters. The summed E-state index contributed by atoms with van der Waals surface area (Å²) >= 11 is 0. The van der Waals surface area contributed by atoms with Crippen molar-refractivity contribution in [1.82, 2.24) is 19.0 Å². The lowest BCUT2D eigenvalue weighted by Gasteiger charge is -2.57. The van der Waals surface area contributed by atoms with Gasteiger partial charge in [0.05, 0.1) is 12.3 Å². The molecule has 8 heteroatoms. The zero-order valence-corrected chi connectivity index (χ0v) is 22.4. The fourth-order valence-electron chi connectivity index (χ4n) is 6.04. The van der Waals surface area contributed by atoms with Crippen LogP contribution in [-0.2, 0) is 17.1 Å². The second-order valence-electron chi connectivity index (χ2n) is 10.3. The van der Waals surface area contributed by atoms with Gasteiger partial charge < -0.3 is 5.11 Å². The van der Waals surface area contributed by atoms with E-state index in [0.717, 1.165) is 24.9 Å². The van der Waals surface area contributed by atoms with E-state index in [9.17, 15) is 13.5 Å². The first kappa shape index (κ1) is 25.1. The normalized spacial score (nSPS) is 23.5. The third kappa shape index (κ3) is 4.30. The number of fused-ring (bicyclic) bond motifs is 1. The molecule has 2 fully saturated rings. The molecule has 0 radical (unpaired) electrons. The minimum absolute atomic E-state index is 0.00292. The average molecular weight is 509 g/mol. The van der Waals surface area contributed by atoms with Crippen molar-refractivity contribution in [1.29, 1.82) is 0 Å². The van der Waals surface area contributed by atoms with Crippen LogP contribution < -0.4 is 0 Å². The van der Waals surface area contributed by atoms with Crippen molar-refractivity contribution in [3.05, 3.63) is 70.9 Å². The Hall–Kier alpha value is -2.52. The van der Waals surface area contributed by atoms with Crippen LogP contribution in [0.4, 0.5) is 0 Å². The van der Waals surface area contributed by atoms with Gasteiger partial charge in [0.25, 0.3) is 10.0 Å². The topological polar surface area (TPSA) is 78.7 Å². The molecule has 2 aromatic carbocycles. The monoisotopic (exact) mass is 508 g/mol. The summed E-state index contributed by atoms with van der Waals surface area (Å²) in [6.45, 7) is 7.94. The van der Waals surface area contributed by atoms with E-state index in [1.807, 2.05) is 6.92 Å². The second-order valence-corrected chi connectivity index (χ2v) is 12.2. The predicted octanol–water partition coefficient (Wildman–Crippen LogP) is 3.63. The average Bonchev–Trinajstić information content (AvgIpc) is 3.19. The third-order valence-corrected chi connectivity index (χ3v) is 10.0. The highest BCUT2D eigenvalue weighted by molar-refractivity contribution is 7.89. The smallest absolute Gasteiger partial charge is 0.260 e.